The van der Waals surface area contributed by atoms with Gasteiger partial charge in [0.25, 0.3) is 0 Å². The minimum absolute atomic E-state index is 0.528. The van der Waals surface area contributed by atoms with Gasteiger partial charge in [-0.1, -0.05) is 0 Å². The van der Waals surface area contributed by atoms with Crippen molar-refractivity contribution < 1.29 is 0 Å². The second-order valence-corrected chi connectivity index (χ2v) is 6.06. The third-order valence-electron chi connectivity index (χ3n) is 4.63. The number of hydrogen-bond donors (Lipinski definition) is 1. The fourth-order valence-corrected chi connectivity index (χ4v) is 3.33. The Labute approximate surface area is 121 Å². The second kappa shape index (κ2) is 6.50. The lowest BCUT2D eigenvalue weighted by atomic mass is 9.98. The first-order chi connectivity index (χ1) is 9.81. The van der Waals surface area contributed by atoms with Gasteiger partial charge in [-0.25, -0.2) is 9.97 Å². The van der Waals surface area contributed by atoms with Crippen LogP contribution in [0.5, 0.6) is 0 Å². The molecule has 20 heavy (non-hydrogen) atoms. The SMILES string of the molecule is CN1CCC(N2CCC(Nc3ncccn3)CC2)CC1. The molecule has 1 aromatic rings. The number of nitrogens with zero attached hydrogens (tertiary/aromatic N) is 4. The standard InChI is InChI=1S/C15H25N5/c1-19-9-5-14(6-10-19)20-11-3-13(4-12-20)18-15-16-7-2-8-17-15/h2,7-8,13-14H,3-6,9-12H2,1H3,(H,16,17,18). The van der Waals surface area contributed by atoms with E-state index in [1.54, 1.807) is 12.4 Å². The van der Waals surface area contributed by atoms with Crippen LogP contribution in [0.25, 0.3) is 0 Å². The Morgan fingerprint density at radius 3 is 2.30 bits per heavy atom. The monoisotopic (exact) mass is 275 g/mol. The van der Waals surface area contributed by atoms with Gasteiger partial charge in [-0.2, -0.15) is 0 Å². The maximum absolute atomic E-state index is 4.25. The summed E-state index contributed by atoms with van der Waals surface area (Å²) in [6.45, 7) is 4.92. The van der Waals surface area contributed by atoms with Crippen LogP contribution >= 0.6 is 0 Å². The lowest BCUT2D eigenvalue weighted by molar-refractivity contribution is 0.0993. The predicted octanol–water partition coefficient (Wildman–Crippen LogP) is 1.45. The number of hydrogen-bond acceptors (Lipinski definition) is 5. The van der Waals surface area contributed by atoms with Crippen molar-refractivity contribution in [2.24, 2.45) is 0 Å². The molecule has 2 fully saturated rings. The highest BCUT2D eigenvalue weighted by Crippen LogP contribution is 2.21. The van der Waals surface area contributed by atoms with E-state index < -0.39 is 0 Å². The summed E-state index contributed by atoms with van der Waals surface area (Å²) in [6.07, 6.45) is 8.65. The van der Waals surface area contributed by atoms with Crippen molar-refractivity contribution >= 4 is 5.95 Å². The lowest BCUT2D eigenvalue weighted by Crippen LogP contribution is -2.48. The smallest absolute Gasteiger partial charge is 0.222 e. The molecule has 0 radical (unpaired) electrons. The van der Waals surface area contributed by atoms with E-state index in [2.05, 4.69) is 32.1 Å². The predicted molar refractivity (Wildman–Crippen MR) is 80.8 cm³/mol. The summed E-state index contributed by atoms with van der Waals surface area (Å²) in [5.74, 6) is 0.769. The van der Waals surface area contributed by atoms with Gasteiger partial charge in [0.15, 0.2) is 0 Å². The summed E-state index contributed by atoms with van der Waals surface area (Å²) in [5, 5.41) is 3.45. The van der Waals surface area contributed by atoms with E-state index in [0.29, 0.717) is 6.04 Å². The van der Waals surface area contributed by atoms with Gasteiger partial charge in [0.2, 0.25) is 5.95 Å². The van der Waals surface area contributed by atoms with E-state index in [0.717, 1.165) is 12.0 Å². The molecule has 0 aliphatic carbocycles. The number of piperidine rings is 2. The largest absolute Gasteiger partial charge is 0.351 e. The summed E-state index contributed by atoms with van der Waals surface area (Å²) in [5.41, 5.74) is 0. The molecule has 1 aromatic heterocycles. The first-order valence-electron chi connectivity index (χ1n) is 7.77. The zero-order valence-corrected chi connectivity index (χ0v) is 12.3. The zero-order valence-electron chi connectivity index (χ0n) is 12.3. The summed E-state index contributed by atoms with van der Waals surface area (Å²) in [6, 6.07) is 3.19. The molecule has 0 spiro atoms. The molecule has 2 saturated heterocycles. The van der Waals surface area contributed by atoms with E-state index >= 15 is 0 Å². The molecule has 5 nitrogen and oxygen atoms in total. The van der Waals surface area contributed by atoms with Crippen LogP contribution in [0.1, 0.15) is 25.7 Å². The maximum atomic E-state index is 4.25. The molecule has 0 saturated carbocycles. The minimum Gasteiger partial charge on any atom is -0.351 e. The number of anilines is 1. The van der Waals surface area contributed by atoms with Crippen LogP contribution in [0, 0.1) is 0 Å². The van der Waals surface area contributed by atoms with E-state index in [9.17, 15) is 0 Å². The van der Waals surface area contributed by atoms with Crippen molar-refractivity contribution in [1.82, 2.24) is 19.8 Å². The molecule has 0 atom stereocenters. The van der Waals surface area contributed by atoms with Crippen LogP contribution in [0.2, 0.25) is 0 Å². The maximum Gasteiger partial charge on any atom is 0.222 e. The van der Waals surface area contributed by atoms with E-state index in [-0.39, 0.29) is 0 Å². The van der Waals surface area contributed by atoms with Crippen LogP contribution < -0.4 is 5.32 Å². The Morgan fingerprint density at radius 1 is 1.00 bits per heavy atom. The van der Waals surface area contributed by atoms with Gasteiger partial charge >= 0.3 is 0 Å². The molecule has 110 valence electrons. The summed E-state index contributed by atoms with van der Waals surface area (Å²) in [4.78, 5) is 13.6. The van der Waals surface area contributed by atoms with Gasteiger partial charge in [0, 0.05) is 37.6 Å². The average Bonchev–Trinajstić information content (AvgIpc) is 2.50. The Morgan fingerprint density at radius 2 is 1.65 bits per heavy atom. The number of aromatic nitrogens is 2. The Hall–Kier alpha value is -1.20. The van der Waals surface area contributed by atoms with Crippen molar-refractivity contribution in [2.75, 3.05) is 38.5 Å². The third-order valence-corrected chi connectivity index (χ3v) is 4.63. The van der Waals surface area contributed by atoms with Gasteiger partial charge in [0.05, 0.1) is 0 Å². The Balaban J connectivity index is 1.45. The summed E-state index contributed by atoms with van der Waals surface area (Å²) < 4.78 is 0. The van der Waals surface area contributed by atoms with Gasteiger partial charge in [-0.15, -0.1) is 0 Å². The fraction of sp³-hybridized carbons (Fsp3) is 0.733. The van der Waals surface area contributed by atoms with Crippen molar-refractivity contribution in [3.05, 3.63) is 18.5 Å². The van der Waals surface area contributed by atoms with Crippen LogP contribution in [-0.2, 0) is 0 Å². The molecule has 2 aliphatic rings. The fourth-order valence-electron chi connectivity index (χ4n) is 3.33. The van der Waals surface area contributed by atoms with Gasteiger partial charge in [-0.3, -0.25) is 0 Å². The van der Waals surface area contributed by atoms with E-state index in [4.69, 9.17) is 0 Å². The third kappa shape index (κ3) is 3.46. The van der Waals surface area contributed by atoms with Crippen molar-refractivity contribution in [1.29, 1.82) is 0 Å². The van der Waals surface area contributed by atoms with Crippen LogP contribution in [0.3, 0.4) is 0 Å². The van der Waals surface area contributed by atoms with Crippen LogP contribution in [0.4, 0.5) is 5.95 Å². The van der Waals surface area contributed by atoms with E-state index in [1.165, 1.54) is 51.9 Å². The number of likely N-dealkylation sites (tertiary alicyclic amines) is 2. The molecular weight excluding hydrogens is 250 g/mol. The topological polar surface area (TPSA) is 44.3 Å². The van der Waals surface area contributed by atoms with Gasteiger partial charge < -0.3 is 15.1 Å². The zero-order chi connectivity index (χ0) is 13.8. The molecule has 1 N–H and O–H groups in total. The normalized spacial score (nSPS) is 23.9. The molecule has 0 amide bonds. The molecule has 5 heteroatoms. The summed E-state index contributed by atoms with van der Waals surface area (Å²) in [7, 11) is 2.23. The quantitative estimate of drug-likeness (QED) is 0.904. The highest BCUT2D eigenvalue weighted by molar-refractivity contribution is 5.24. The van der Waals surface area contributed by atoms with Gasteiger partial charge in [-0.05, 0) is 51.9 Å². The van der Waals surface area contributed by atoms with Crippen molar-refractivity contribution in [2.45, 2.75) is 37.8 Å². The highest BCUT2D eigenvalue weighted by Gasteiger charge is 2.27. The first kappa shape index (κ1) is 13.8. The van der Waals surface area contributed by atoms with Crippen LogP contribution in [-0.4, -0.2) is 65.1 Å². The second-order valence-electron chi connectivity index (χ2n) is 6.06. The minimum atomic E-state index is 0.528. The summed E-state index contributed by atoms with van der Waals surface area (Å²) >= 11 is 0. The molecule has 3 heterocycles. The van der Waals surface area contributed by atoms with Crippen molar-refractivity contribution in [3.63, 3.8) is 0 Å². The van der Waals surface area contributed by atoms with Gasteiger partial charge in [0.1, 0.15) is 0 Å². The Kier molecular flexibility index (Phi) is 4.47. The molecule has 3 rings (SSSR count). The molecular formula is C15H25N5. The highest BCUT2D eigenvalue weighted by atomic mass is 15.2. The van der Waals surface area contributed by atoms with Crippen LogP contribution in [0.15, 0.2) is 18.5 Å². The Bertz CT molecular complexity index is 394. The van der Waals surface area contributed by atoms with E-state index in [1.807, 2.05) is 6.07 Å². The first-order valence-corrected chi connectivity index (χ1v) is 7.77. The molecule has 0 unspecified atom stereocenters. The average molecular weight is 275 g/mol. The van der Waals surface area contributed by atoms with Crippen molar-refractivity contribution in [3.8, 4) is 0 Å². The molecule has 2 aliphatic heterocycles. The molecule has 0 aromatic carbocycles. The number of rotatable bonds is 3. The lowest BCUT2D eigenvalue weighted by Gasteiger charge is -2.41. The number of nitrogens with one attached hydrogen (secondary N) is 1. The molecule has 0 bridgehead atoms.